The lowest BCUT2D eigenvalue weighted by molar-refractivity contribution is 0.351. The minimum atomic E-state index is -2.83. The van der Waals surface area contributed by atoms with Crippen LogP contribution in [0.3, 0.4) is 0 Å². The van der Waals surface area contributed by atoms with Crippen LogP contribution in [-0.2, 0) is 14.8 Å². The normalized spacial score (nSPS) is 14.8. The number of hydrogen-bond donors (Lipinski definition) is 0. The van der Waals surface area contributed by atoms with E-state index in [2.05, 4.69) is 29.7 Å². The molecule has 1 aromatic heterocycles. The number of hydrogen-bond acceptors (Lipinski definition) is 7. The van der Waals surface area contributed by atoms with Gasteiger partial charge in [0.15, 0.2) is 6.61 Å². The molecule has 25 heavy (non-hydrogen) atoms. The highest BCUT2D eigenvalue weighted by atomic mass is 33.1. The highest BCUT2D eigenvalue weighted by Crippen LogP contribution is 2.72. The summed E-state index contributed by atoms with van der Waals surface area (Å²) in [7, 11) is 0. The summed E-state index contributed by atoms with van der Waals surface area (Å²) in [5.74, 6) is 1.36. The lowest BCUT2D eigenvalue weighted by Gasteiger charge is -2.19. The van der Waals surface area contributed by atoms with Crippen LogP contribution in [0.25, 0.3) is 0 Å². The van der Waals surface area contributed by atoms with Crippen LogP contribution in [0.1, 0.15) is 58.5 Å². The summed E-state index contributed by atoms with van der Waals surface area (Å²) in [5, 5.41) is 0.274. The smallest absolute Gasteiger partial charge is 0.313 e. The molecule has 1 heterocycles. The van der Waals surface area contributed by atoms with Crippen molar-refractivity contribution in [2.75, 3.05) is 13.2 Å². The van der Waals surface area contributed by atoms with E-state index >= 15 is 0 Å². The third-order valence-electron chi connectivity index (χ3n) is 3.13. The third-order valence-corrected chi connectivity index (χ3v) is 10.9. The molecule has 2 atom stereocenters. The second-order valence-corrected chi connectivity index (χ2v) is 13.4. The number of rotatable bonds is 11. The lowest BCUT2D eigenvalue weighted by atomic mass is 10.2. The Morgan fingerprint density at radius 2 is 2.04 bits per heavy atom. The van der Waals surface area contributed by atoms with Gasteiger partial charge in [-0.25, -0.2) is 4.98 Å². The Morgan fingerprint density at radius 3 is 2.60 bits per heavy atom. The summed E-state index contributed by atoms with van der Waals surface area (Å²) >= 11 is 2.72. The fourth-order valence-corrected chi connectivity index (χ4v) is 9.46. The van der Waals surface area contributed by atoms with Crippen molar-refractivity contribution in [3.05, 3.63) is 17.6 Å². The highest BCUT2D eigenvalue weighted by molar-refractivity contribution is 8.89. The first-order chi connectivity index (χ1) is 11.8. The monoisotopic (exact) mass is 402 g/mol. The van der Waals surface area contributed by atoms with E-state index in [1.807, 2.05) is 20.8 Å². The van der Waals surface area contributed by atoms with Crippen LogP contribution in [0.2, 0.25) is 0 Å². The van der Waals surface area contributed by atoms with E-state index in [9.17, 15) is 4.57 Å². The molecule has 0 aromatic carbocycles. The van der Waals surface area contributed by atoms with Crippen molar-refractivity contribution in [3.63, 3.8) is 0 Å². The van der Waals surface area contributed by atoms with Crippen LogP contribution >= 0.6 is 28.5 Å². The quantitative estimate of drug-likeness (QED) is 0.357. The van der Waals surface area contributed by atoms with Gasteiger partial charge in [0.25, 0.3) is 0 Å². The zero-order valence-corrected chi connectivity index (χ0v) is 18.0. The molecule has 0 saturated carbocycles. The van der Waals surface area contributed by atoms with Gasteiger partial charge in [0.2, 0.25) is 5.88 Å². The van der Waals surface area contributed by atoms with E-state index in [1.165, 1.54) is 22.8 Å². The highest BCUT2D eigenvalue weighted by Gasteiger charge is 2.27. The second-order valence-electron chi connectivity index (χ2n) is 5.67. The molecule has 0 amide bonds. The SMILES string of the molecule is C#CCOc1cc(CSP(=O)(OCC)SC(C)CC)nc(C(C)C)n1. The van der Waals surface area contributed by atoms with Crippen LogP contribution in [0.15, 0.2) is 6.07 Å². The fourth-order valence-electron chi connectivity index (χ4n) is 1.71. The molecule has 0 aliphatic heterocycles. The molecular weight excluding hydrogens is 375 g/mol. The van der Waals surface area contributed by atoms with Crippen LogP contribution in [0, 0.1) is 12.3 Å². The molecule has 8 heteroatoms. The molecule has 0 saturated heterocycles. The van der Waals surface area contributed by atoms with E-state index in [1.54, 1.807) is 6.07 Å². The molecule has 0 fully saturated rings. The Bertz CT molecular complexity index is 635. The van der Waals surface area contributed by atoms with Crippen LogP contribution in [-0.4, -0.2) is 28.4 Å². The maximum absolute atomic E-state index is 13.0. The van der Waals surface area contributed by atoms with Gasteiger partial charge in [-0.15, -0.1) is 6.42 Å². The minimum absolute atomic E-state index is 0.155. The van der Waals surface area contributed by atoms with Gasteiger partial charge in [-0.3, -0.25) is 4.57 Å². The first kappa shape index (κ1) is 22.4. The molecule has 0 aliphatic rings. The number of nitrogens with zero attached hydrogens (tertiary/aromatic N) is 2. The minimum Gasteiger partial charge on any atom is -0.464 e. The van der Waals surface area contributed by atoms with E-state index in [4.69, 9.17) is 15.7 Å². The molecule has 0 aliphatic carbocycles. The van der Waals surface area contributed by atoms with Gasteiger partial charge < -0.3 is 9.26 Å². The van der Waals surface area contributed by atoms with E-state index in [0.717, 1.165) is 12.1 Å². The van der Waals surface area contributed by atoms with Crippen molar-refractivity contribution in [2.24, 2.45) is 0 Å². The number of terminal acetylenes is 1. The maximum atomic E-state index is 13.0. The van der Waals surface area contributed by atoms with Crippen molar-refractivity contribution in [2.45, 2.75) is 58.0 Å². The Hall–Kier alpha value is -0.670. The topological polar surface area (TPSA) is 61.3 Å². The van der Waals surface area contributed by atoms with Gasteiger partial charge in [-0.1, -0.05) is 56.4 Å². The summed E-state index contributed by atoms with van der Waals surface area (Å²) in [5.41, 5.74) is 0.764. The van der Waals surface area contributed by atoms with Gasteiger partial charge in [0, 0.05) is 23.0 Å². The van der Waals surface area contributed by atoms with Crippen molar-refractivity contribution in [1.82, 2.24) is 9.97 Å². The fraction of sp³-hybridized carbons (Fsp3) is 0.647. The molecule has 0 bridgehead atoms. The molecule has 140 valence electrons. The van der Waals surface area contributed by atoms with Crippen molar-refractivity contribution >= 4 is 28.5 Å². The van der Waals surface area contributed by atoms with Gasteiger partial charge in [-0.05, 0) is 13.3 Å². The molecular formula is C17H27N2O3PS2. The van der Waals surface area contributed by atoms with E-state index < -0.39 is 5.77 Å². The summed E-state index contributed by atoms with van der Waals surface area (Å²) in [6.45, 7) is 10.6. The van der Waals surface area contributed by atoms with Gasteiger partial charge in [0.05, 0.1) is 12.3 Å². The van der Waals surface area contributed by atoms with Gasteiger partial charge >= 0.3 is 5.77 Å². The summed E-state index contributed by atoms with van der Waals surface area (Å²) in [4.78, 5) is 8.92. The maximum Gasteiger partial charge on any atom is 0.313 e. The molecule has 5 nitrogen and oxygen atoms in total. The molecule has 0 radical (unpaired) electrons. The van der Waals surface area contributed by atoms with Gasteiger partial charge in [0.1, 0.15) is 5.82 Å². The molecule has 1 rings (SSSR count). The van der Waals surface area contributed by atoms with E-state index in [0.29, 0.717) is 24.1 Å². The molecule has 2 unspecified atom stereocenters. The average Bonchev–Trinajstić information content (AvgIpc) is 2.58. The second kappa shape index (κ2) is 11.1. The predicted octanol–water partition coefficient (Wildman–Crippen LogP) is 5.52. The van der Waals surface area contributed by atoms with Crippen LogP contribution in [0.4, 0.5) is 0 Å². The summed E-state index contributed by atoms with van der Waals surface area (Å²) in [6, 6.07) is 1.75. The van der Waals surface area contributed by atoms with Gasteiger partial charge in [-0.2, -0.15) is 4.98 Å². The number of ether oxygens (including phenoxy) is 1. The lowest BCUT2D eigenvalue weighted by Crippen LogP contribution is -2.05. The zero-order chi connectivity index (χ0) is 18.9. The first-order valence-corrected chi connectivity index (χ1v) is 13.0. The standard InChI is InChI=1S/C17H27N2O3PS2/c1-7-10-21-16-11-15(18-17(19-16)13(4)5)12-24-23(20,22-9-3)25-14(6)8-2/h1,11,13-14H,8-10,12H2,2-6H3. The first-order valence-electron chi connectivity index (χ1n) is 8.35. The average molecular weight is 403 g/mol. The number of aromatic nitrogens is 2. The zero-order valence-electron chi connectivity index (χ0n) is 15.5. The molecule has 0 spiro atoms. The van der Waals surface area contributed by atoms with E-state index in [-0.39, 0.29) is 17.8 Å². The van der Waals surface area contributed by atoms with Crippen molar-refractivity contribution < 1.29 is 13.8 Å². The predicted molar refractivity (Wildman–Crippen MR) is 108 cm³/mol. The molecule has 1 aromatic rings. The Kier molecular flexibility index (Phi) is 9.96. The Balaban J connectivity index is 2.93. The molecule has 0 N–H and O–H groups in total. The third kappa shape index (κ3) is 8.04. The van der Waals surface area contributed by atoms with Crippen LogP contribution < -0.4 is 4.74 Å². The largest absolute Gasteiger partial charge is 0.464 e. The summed E-state index contributed by atoms with van der Waals surface area (Å²) in [6.07, 6.45) is 6.18. The Morgan fingerprint density at radius 1 is 1.32 bits per heavy atom. The Labute approximate surface area is 159 Å². The van der Waals surface area contributed by atoms with Crippen molar-refractivity contribution in [1.29, 1.82) is 0 Å². The summed E-state index contributed by atoms with van der Waals surface area (Å²) < 4.78 is 24.1. The van der Waals surface area contributed by atoms with Crippen molar-refractivity contribution in [3.8, 4) is 18.2 Å². The van der Waals surface area contributed by atoms with Crippen LogP contribution in [0.5, 0.6) is 5.88 Å².